The fraction of sp³-hybridized carbons (Fsp3) is 0.333. The maximum atomic E-state index is 12.7. The summed E-state index contributed by atoms with van der Waals surface area (Å²) in [6.07, 6.45) is 5.53. The first-order valence-electron chi connectivity index (χ1n) is 10.5. The molecular formula is C24H27ClN4O. The van der Waals surface area contributed by atoms with Crippen LogP contribution in [0.1, 0.15) is 36.0 Å². The van der Waals surface area contributed by atoms with Crippen molar-refractivity contribution >= 4 is 17.3 Å². The molecule has 4 rings (SSSR count). The summed E-state index contributed by atoms with van der Waals surface area (Å²) in [7, 11) is 0. The first kappa shape index (κ1) is 20.6. The third-order valence-electron chi connectivity index (χ3n) is 5.59. The number of anilines is 1. The fourth-order valence-electron chi connectivity index (χ4n) is 3.89. The molecule has 0 radical (unpaired) electrons. The van der Waals surface area contributed by atoms with Crippen molar-refractivity contribution in [3.63, 3.8) is 0 Å². The average Bonchev–Trinajstić information content (AvgIpc) is 2.79. The number of rotatable bonds is 7. The van der Waals surface area contributed by atoms with Crippen LogP contribution in [0.25, 0.3) is 0 Å². The number of halogens is 1. The summed E-state index contributed by atoms with van der Waals surface area (Å²) >= 11 is 6.38. The lowest BCUT2D eigenvalue weighted by Crippen LogP contribution is -2.29. The summed E-state index contributed by atoms with van der Waals surface area (Å²) in [6.45, 7) is 4.29. The largest absolute Gasteiger partial charge is 0.378 e. The van der Waals surface area contributed by atoms with Gasteiger partial charge in [0.25, 0.3) is 5.56 Å². The molecule has 1 fully saturated rings. The van der Waals surface area contributed by atoms with E-state index in [0.29, 0.717) is 18.8 Å². The van der Waals surface area contributed by atoms with Crippen LogP contribution in [0, 0.1) is 0 Å². The lowest BCUT2D eigenvalue weighted by atomic mass is 10.0. The first-order chi connectivity index (χ1) is 14.7. The molecule has 0 bridgehead atoms. The molecule has 0 saturated carbocycles. The van der Waals surface area contributed by atoms with Crippen LogP contribution in [0.15, 0.2) is 65.6 Å². The number of hydrogen-bond acceptors (Lipinski definition) is 4. The van der Waals surface area contributed by atoms with Crippen LogP contribution in [0.3, 0.4) is 0 Å². The Morgan fingerprint density at radius 3 is 2.37 bits per heavy atom. The molecule has 5 nitrogen and oxygen atoms in total. The summed E-state index contributed by atoms with van der Waals surface area (Å²) in [5.74, 6) is 0. The minimum Gasteiger partial charge on any atom is -0.378 e. The van der Waals surface area contributed by atoms with Gasteiger partial charge in [-0.25, -0.2) is 4.68 Å². The molecular weight excluding hydrogens is 396 g/mol. The maximum Gasteiger partial charge on any atom is 0.287 e. The molecule has 0 atom stereocenters. The lowest BCUT2D eigenvalue weighted by Gasteiger charge is -2.27. The number of nitrogens with one attached hydrogen (secondary N) is 1. The summed E-state index contributed by atoms with van der Waals surface area (Å²) in [4.78, 5) is 15.2. The summed E-state index contributed by atoms with van der Waals surface area (Å²) in [5, 5.41) is 7.80. The monoisotopic (exact) mass is 422 g/mol. The molecule has 1 N–H and O–H groups in total. The van der Waals surface area contributed by atoms with Gasteiger partial charge in [-0.15, -0.1) is 0 Å². The van der Waals surface area contributed by atoms with E-state index in [1.165, 1.54) is 35.1 Å². The van der Waals surface area contributed by atoms with E-state index in [2.05, 4.69) is 39.6 Å². The van der Waals surface area contributed by atoms with Gasteiger partial charge in [0.05, 0.1) is 18.4 Å². The van der Waals surface area contributed by atoms with Crippen LogP contribution in [0.4, 0.5) is 5.69 Å². The Bertz CT molecular complexity index is 1030. The van der Waals surface area contributed by atoms with Crippen LogP contribution in [0.2, 0.25) is 5.02 Å². The zero-order chi connectivity index (χ0) is 20.8. The molecule has 0 unspecified atom stereocenters. The van der Waals surface area contributed by atoms with E-state index in [1.54, 1.807) is 6.20 Å². The van der Waals surface area contributed by atoms with Crippen LogP contribution in [0.5, 0.6) is 0 Å². The van der Waals surface area contributed by atoms with Crippen molar-refractivity contribution in [2.45, 2.75) is 38.9 Å². The molecule has 156 valence electrons. The molecule has 1 aromatic heterocycles. The van der Waals surface area contributed by atoms with E-state index >= 15 is 0 Å². The van der Waals surface area contributed by atoms with Crippen LogP contribution in [-0.4, -0.2) is 27.8 Å². The van der Waals surface area contributed by atoms with Crippen molar-refractivity contribution in [2.24, 2.45) is 0 Å². The van der Waals surface area contributed by atoms with Crippen LogP contribution >= 0.6 is 11.6 Å². The summed E-state index contributed by atoms with van der Waals surface area (Å²) in [6, 6.07) is 18.2. The Balaban J connectivity index is 1.45. The van der Waals surface area contributed by atoms with Crippen LogP contribution in [-0.2, 0) is 19.6 Å². The van der Waals surface area contributed by atoms with Gasteiger partial charge < -0.3 is 5.32 Å². The zero-order valence-corrected chi connectivity index (χ0v) is 17.8. The van der Waals surface area contributed by atoms with Gasteiger partial charge in [-0.05, 0) is 42.6 Å². The van der Waals surface area contributed by atoms with E-state index in [0.717, 1.165) is 25.2 Å². The molecule has 3 aromatic rings. The smallest absolute Gasteiger partial charge is 0.287 e. The summed E-state index contributed by atoms with van der Waals surface area (Å²) < 4.78 is 1.40. The molecule has 0 amide bonds. The van der Waals surface area contributed by atoms with Crippen molar-refractivity contribution in [3.05, 3.63) is 92.9 Å². The highest BCUT2D eigenvalue weighted by atomic mass is 35.5. The topological polar surface area (TPSA) is 50.2 Å². The van der Waals surface area contributed by atoms with Crippen molar-refractivity contribution in [1.29, 1.82) is 0 Å². The predicted molar refractivity (Wildman–Crippen MR) is 122 cm³/mol. The highest BCUT2D eigenvalue weighted by molar-refractivity contribution is 6.32. The Morgan fingerprint density at radius 1 is 0.900 bits per heavy atom. The Kier molecular flexibility index (Phi) is 6.82. The fourth-order valence-corrected chi connectivity index (χ4v) is 4.10. The van der Waals surface area contributed by atoms with E-state index in [1.807, 2.05) is 30.3 Å². The SMILES string of the molecule is O=c1c(Cl)c(NCc2ccccc2CN2CCCCC2)cnn1Cc1ccccc1. The second-order valence-electron chi connectivity index (χ2n) is 7.78. The van der Waals surface area contributed by atoms with Gasteiger partial charge in [-0.3, -0.25) is 9.69 Å². The minimum absolute atomic E-state index is 0.175. The second kappa shape index (κ2) is 9.92. The van der Waals surface area contributed by atoms with Crippen molar-refractivity contribution in [1.82, 2.24) is 14.7 Å². The number of hydrogen-bond donors (Lipinski definition) is 1. The highest BCUT2D eigenvalue weighted by Gasteiger charge is 2.14. The minimum atomic E-state index is -0.285. The Morgan fingerprint density at radius 2 is 1.60 bits per heavy atom. The molecule has 2 aromatic carbocycles. The van der Waals surface area contributed by atoms with Gasteiger partial charge in [-0.1, -0.05) is 72.6 Å². The van der Waals surface area contributed by atoms with Gasteiger partial charge in [0, 0.05) is 13.1 Å². The number of aromatic nitrogens is 2. The van der Waals surface area contributed by atoms with E-state index in [-0.39, 0.29) is 10.6 Å². The van der Waals surface area contributed by atoms with Crippen LogP contribution < -0.4 is 10.9 Å². The van der Waals surface area contributed by atoms with Crippen molar-refractivity contribution < 1.29 is 0 Å². The Labute approximate surface area is 182 Å². The Hall–Kier alpha value is -2.63. The summed E-state index contributed by atoms with van der Waals surface area (Å²) in [5.41, 5.74) is 3.82. The molecule has 1 saturated heterocycles. The van der Waals surface area contributed by atoms with Gasteiger partial charge in [-0.2, -0.15) is 5.10 Å². The first-order valence-corrected chi connectivity index (χ1v) is 10.9. The zero-order valence-electron chi connectivity index (χ0n) is 17.1. The molecule has 30 heavy (non-hydrogen) atoms. The second-order valence-corrected chi connectivity index (χ2v) is 8.16. The molecule has 1 aliphatic heterocycles. The van der Waals surface area contributed by atoms with E-state index in [4.69, 9.17) is 11.6 Å². The number of likely N-dealkylation sites (tertiary alicyclic amines) is 1. The van der Waals surface area contributed by atoms with E-state index < -0.39 is 0 Å². The molecule has 2 heterocycles. The maximum absolute atomic E-state index is 12.7. The number of piperidine rings is 1. The average molecular weight is 423 g/mol. The highest BCUT2D eigenvalue weighted by Crippen LogP contribution is 2.20. The standard InChI is InChI=1S/C24H27ClN4O/c25-23-22(16-27-29(24(23)30)17-19-9-3-1-4-10-19)26-15-20-11-5-6-12-21(20)18-28-13-7-2-8-14-28/h1,3-6,9-12,16,26H,2,7-8,13-15,17-18H2. The van der Waals surface area contributed by atoms with Gasteiger partial charge in [0.1, 0.15) is 5.02 Å². The lowest BCUT2D eigenvalue weighted by molar-refractivity contribution is 0.220. The predicted octanol–water partition coefficient (Wildman–Crippen LogP) is 4.54. The van der Waals surface area contributed by atoms with Gasteiger partial charge in [0.15, 0.2) is 0 Å². The molecule has 1 aliphatic rings. The van der Waals surface area contributed by atoms with Crippen molar-refractivity contribution in [2.75, 3.05) is 18.4 Å². The molecule has 6 heteroatoms. The number of benzene rings is 2. The normalized spacial score (nSPS) is 14.6. The molecule has 0 aliphatic carbocycles. The number of nitrogens with zero attached hydrogens (tertiary/aromatic N) is 3. The third kappa shape index (κ3) is 5.10. The van der Waals surface area contributed by atoms with E-state index in [9.17, 15) is 4.79 Å². The van der Waals surface area contributed by atoms with Crippen molar-refractivity contribution in [3.8, 4) is 0 Å². The van der Waals surface area contributed by atoms with Gasteiger partial charge >= 0.3 is 0 Å². The van der Waals surface area contributed by atoms with Gasteiger partial charge in [0.2, 0.25) is 0 Å². The quantitative estimate of drug-likeness (QED) is 0.607. The third-order valence-corrected chi connectivity index (χ3v) is 5.96. The molecule has 0 spiro atoms.